The van der Waals surface area contributed by atoms with E-state index in [2.05, 4.69) is 0 Å². The molecule has 0 amide bonds. The smallest absolute Gasteiger partial charge is 0.277 e. The Morgan fingerprint density at radius 3 is 2.50 bits per heavy atom. The van der Waals surface area contributed by atoms with Gasteiger partial charge in [-0.05, 0) is 37.3 Å². The summed E-state index contributed by atoms with van der Waals surface area (Å²) in [6.07, 6.45) is 5.38. The molecule has 2 rings (SSSR count). The highest BCUT2D eigenvalue weighted by Crippen LogP contribution is 2.41. The van der Waals surface area contributed by atoms with Crippen LogP contribution in [-0.2, 0) is 0 Å². The van der Waals surface area contributed by atoms with Crippen molar-refractivity contribution < 1.29 is 10.0 Å². The summed E-state index contributed by atoms with van der Waals surface area (Å²) in [5, 5.41) is 21.3. The molecule has 0 aliphatic heterocycles. The highest BCUT2D eigenvalue weighted by Gasteiger charge is 2.30. The quantitative estimate of drug-likeness (QED) is 0.659. The van der Waals surface area contributed by atoms with Crippen LogP contribution in [-0.4, -0.2) is 10.0 Å². The fourth-order valence-corrected chi connectivity index (χ4v) is 2.92. The van der Waals surface area contributed by atoms with Gasteiger partial charge < -0.3 is 10.8 Å². The Kier molecular flexibility index (Phi) is 5.77. The van der Waals surface area contributed by atoms with Crippen molar-refractivity contribution in [1.82, 2.24) is 0 Å². The maximum atomic E-state index is 11.1. The second kappa shape index (κ2) is 6.90. The third-order valence-electron chi connectivity index (χ3n) is 4.08. The number of hydrogen-bond donors (Lipinski definition) is 2. The summed E-state index contributed by atoms with van der Waals surface area (Å²) in [6.45, 7) is 1.73. The maximum Gasteiger partial charge on any atom is 0.277 e. The first kappa shape index (κ1) is 16.7. The Hall–Kier alpha value is -1.33. The summed E-state index contributed by atoms with van der Waals surface area (Å²) >= 11 is 0. The predicted molar refractivity (Wildman–Crippen MR) is 80.2 cm³/mol. The summed E-state index contributed by atoms with van der Waals surface area (Å²) in [7, 11) is 0. The molecule has 1 saturated carbocycles. The molecule has 112 valence electrons. The number of nitrogens with zero attached hydrogens (tertiary/aromatic N) is 1. The zero-order valence-corrected chi connectivity index (χ0v) is 12.4. The first-order valence-corrected chi connectivity index (χ1v) is 6.74. The van der Waals surface area contributed by atoms with Crippen molar-refractivity contribution in [3.8, 4) is 5.75 Å². The number of nitro groups is 1. The number of aryl methyl sites for hydroxylation is 1. The second-order valence-corrected chi connectivity index (χ2v) is 5.34. The molecule has 1 fully saturated rings. The summed E-state index contributed by atoms with van der Waals surface area (Å²) in [5.74, 6) is 0.201. The highest BCUT2D eigenvalue weighted by molar-refractivity contribution is 5.85. The number of rotatable bonds is 3. The molecule has 3 N–H and O–H groups in total. The van der Waals surface area contributed by atoms with Crippen LogP contribution in [0.5, 0.6) is 5.75 Å². The molecule has 1 aromatic rings. The lowest BCUT2D eigenvalue weighted by Crippen LogP contribution is -2.24. The number of benzene rings is 1. The van der Waals surface area contributed by atoms with E-state index >= 15 is 0 Å². The number of hydrogen-bond acceptors (Lipinski definition) is 4. The molecule has 0 unspecified atom stereocenters. The van der Waals surface area contributed by atoms with Crippen molar-refractivity contribution in [2.24, 2.45) is 11.7 Å². The summed E-state index contributed by atoms with van der Waals surface area (Å²) in [4.78, 5) is 10.7. The van der Waals surface area contributed by atoms with Crippen LogP contribution >= 0.6 is 12.4 Å². The fraction of sp³-hybridized carbons (Fsp3) is 0.571. The monoisotopic (exact) mass is 300 g/mol. The molecule has 1 atom stereocenters. The van der Waals surface area contributed by atoms with E-state index in [-0.39, 0.29) is 29.8 Å². The molecule has 0 spiro atoms. The second-order valence-electron chi connectivity index (χ2n) is 5.34. The van der Waals surface area contributed by atoms with Gasteiger partial charge in [0, 0.05) is 12.1 Å². The van der Waals surface area contributed by atoms with E-state index in [1.54, 1.807) is 13.0 Å². The van der Waals surface area contributed by atoms with Gasteiger partial charge in [-0.1, -0.05) is 19.3 Å². The Morgan fingerprint density at radius 2 is 1.95 bits per heavy atom. The van der Waals surface area contributed by atoms with Gasteiger partial charge in [-0.25, -0.2) is 0 Å². The summed E-state index contributed by atoms with van der Waals surface area (Å²) in [5.41, 5.74) is 7.08. The van der Waals surface area contributed by atoms with Gasteiger partial charge in [-0.2, -0.15) is 0 Å². The lowest BCUT2D eigenvalue weighted by atomic mass is 9.80. The molecule has 20 heavy (non-hydrogen) atoms. The molecule has 5 nitrogen and oxygen atoms in total. The zero-order chi connectivity index (χ0) is 14.0. The van der Waals surface area contributed by atoms with E-state index in [1.165, 1.54) is 12.5 Å². The molecule has 1 aliphatic carbocycles. The number of nitro benzene ring substituents is 1. The maximum absolute atomic E-state index is 11.1. The molecular formula is C14H21ClN2O3. The van der Waals surface area contributed by atoms with E-state index in [0.717, 1.165) is 25.7 Å². The first-order chi connectivity index (χ1) is 9.02. The molecule has 6 heteroatoms. The number of phenols is 1. The van der Waals surface area contributed by atoms with E-state index in [1.807, 2.05) is 0 Å². The molecule has 0 aromatic heterocycles. The third-order valence-corrected chi connectivity index (χ3v) is 4.08. The van der Waals surface area contributed by atoms with Crippen LogP contribution in [0.4, 0.5) is 5.69 Å². The van der Waals surface area contributed by atoms with Gasteiger partial charge in [0.2, 0.25) is 0 Å². The average Bonchev–Trinajstić information content (AvgIpc) is 2.41. The zero-order valence-electron chi connectivity index (χ0n) is 11.5. The van der Waals surface area contributed by atoms with Crippen molar-refractivity contribution >= 4 is 18.1 Å². The van der Waals surface area contributed by atoms with Gasteiger partial charge >= 0.3 is 0 Å². The van der Waals surface area contributed by atoms with Gasteiger partial charge in [-0.3, -0.25) is 10.1 Å². The lowest BCUT2D eigenvalue weighted by Gasteiger charge is -2.28. The van der Waals surface area contributed by atoms with Gasteiger partial charge in [0.15, 0.2) is 0 Å². The minimum atomic E-state index is -0.461. The minimum Gasteiger partial charge on any atom is -0.507 e. The Morgan fingerprint density at radius 1 is 1.35 bits per heavy atom. The molecule has 0 saturated heterocycles. The van der Waals surface area contributed by atoms with Crippen molar-refractivity contribution in [3.05, 3.63) is 33.4 Å². The van der Waals surface area contributed by atoms with Crippen molar-refractivity contribution in [2.45, 2.75) is 45.1 Å². The van der Waals surface area contributed by atoms with Crippen LogP contribution < -0.4 is 5.73 Å². The van der Waals surface area contributed by atoms with Crippen LogP contribution in [0.2, 0.25) is 0 Å². The number of halogens is 1. The number of phenolic OH excluding ortho intramolecular Hbond substituents is 1. The molecular weight excluding hydrogens is 280 g/mol. The van der Waals surface area contributed by atoms with E-state index in [0.29, 0.717) is 11.1 Å². The van der Waals surface area contributed by atoms with Crippen LogP contribution in [0.1, 0.15) is 49.3 Å². The van der Waals surface area contributed by atoms with E-state index in [9.17, 15) is 15.2 Å². The van der Waals surface area contributed by atoms with Crippen LogP contribution in [0.15, 0.2) is 12.1 Å². The van der Waals surface area contributed by atoms with Gasteiger partial charge in [0.1, 0.15) is 5.75 Å². The topological polar surface area (TPSA) is 89.4 Å². The minimum absolute atomic E-state index is 0. The Balaban J connectivity index is 0.00000200. The number of nitrogens with two attached hydrogens (primary N) is 1. The predicted octanol–water partition coefficient (Wildman–Crippen LogP) is 3.61. The van der Waals surface area contributed by atoms with E-state index < -0.39 is 11.0 Å². The fourth-order valence-electron chi connectivity index (χ4n) is 2.92. The average molecular weight is 301 g/mol. The molecule has 1 aromatic carbocycles. The lowest BCUT2D eigenvalue weighted by molar-refractivity contribution is -0.385. The standard InChI is InChI=1S/C14H20N2O3.ClH/c1-9-7-8-11(16(18)19)12(14(9)17)13(15)10-5-3-2-4-6-10;/h7-8,10,13,17H,2-6,15H2,1H3;1H/t13-;/m0./s1. The summed E-state index contributed by atoms with van der Waals surface area (Å²) < 4.78 is 0. The SMILES string of the molecule is Cc1ccc([N+](=O)[O-])c([C@@H](N)C2CCCCC2)c1O.Cl. The molecule has 0 heterocycles. The largest absolute Gasteiger partial charge is 0.507 e. The normalized spacial score (nSPS) is 17.3. The van der Waals surface area contributed by atoms with Crippen LogP contribution in [0, 0.1) is 23.0 Å². The van der Waals surface area contributed by atoms with E-state index in [4.69, 9.17) is 5.73 Å². The highest BCUT2D eigenvalue weighted by atomic mass is 35.5. The van der Waals surface area contributed by atoms with Crippen LogP contribution in [0.25, 0.3) is 0 Å². The van der Waals surface area contributed by atoms with Crippen molar-refractivity contribution in [2.75, 3.05) is 0 Å². The third kappa shape index (κ3) is 3.22. The Bertz CT molecular complexity index is 488. The number of aromatic hydroxyl groups is 1. The van der Waals surface area contributed by atoms with Crippen LogP contribution in [0.3, 0.4) is 0 Å². The van der Waals surface area contributed by atoms with Crippen molar-refractivity contribution in [3.63, 3.8) is 0 Å². The van der Waals surface area contributed by atoms with Gasteiger partial charge in [-0.15, -0.1) is 12.4 Å². The van der Waals surface area contributed by atoms with Crippen molar-refractivity contribution in [1.29, 1.82) is 0 Å². The molecule has 0 radical (unpaired) electrons. The molecule has 1 aliphatic rings. The summed E-state index contributed by atoms with van der Waals surface area (Å²) in [6, 6.07) is 2.54. The van der Waals surface area contributed by atoms with Gasteiger partial charge in [0.05, 0.1) is 10.5 Å². The van der Waals surface area contributed by atoms with Gasteiger partial charge in [0.25, 0.3) is 5.69 Å². The first-order valence-electron chi connectivity index (χ1n) is 6.74. The molecule has 0 bridgehead atoms. The Labute approximate surface area is 124 Å².